The van der Waals surface area contributed by atoms with Gasteiger partial charge in [-0.3, -0.25) is 9.59 Å². The van der Waals surface area contributed by atoms with E-state index in [1.165, 1.54) is 18.5 Å². The number of hydroxylamine groups is 1. The van der Waals surface area contributed by atoms with Crippen LogP contribution < -0.4 is 22.0 Å². The third-order valence-electron chi connectivity index (χ3n) is 2.73. The minimum atomic E-state index is -4.50. The number of halogens is 3. The summed E-state index contributed by atoms with van der Waals surface area (Å²) in [7, 11) is 0. The fourth-order valence-corrected chi connectivity index (χ4v) is 1.57. The number of benzene rings is 1. The van der Waals surface area contributed by atoms with E-state index in [-0.39, 0.29) is 5.56 Å². The minimum Gasteiger partial charge on any atom is -0.345 e. The van der Waals surface area contributed by atoms with Gasteiger partial charge in [0.25, 0.3) is 11.8 Å². The van der Waals surface area contributed by atoms with Gasteiger partial charge in [0.15, 0.2) is 0 Å². The van der Waals surface area contributed by atoms with Crippen molar-refractivity contribution >= 4 is 29.8 Å². The summed E-state index contributed by atoms with van der Waals surface area (Å²) in [6, 6.07) is 6.16. The van der Waals surface area contributed by atoms with Crippen molar-refractivity contribution in [1.29, 1.82) is 0 Å². The first-order valence-corrected chi connectivity index (χ1v) is 7.13. The fraction of sp³-hybridized carbons (Fsp3) is 0.286. The van der Waals surface area contributed by atoms with E-state index in [4.69, 9.17) is 5.84 Å². The molecule has 0 bridgehead atoms. The van der Waals surface area contributed by atoms with Crippen LogP contribution in [-0.2, 0) is 14.4 Å². The third-order valence-corrected chi connectivity index (χ3v) is 2.73. The van der Waals surface area contributed by atoms with Crippen molar-refractivity contribution in [2.45, 2.75) is 19.0 Å². The van der Waals surface area contributed by atoms with Crippen LogP contribution in [0.5, 0.6) is 0 Å². The predicted molar refractivity (Wildman–Crippen MR) is 84.6 cm³/mol. The second-order valence-corrected chi connectivity index (χ2v) is 4.80. The Kier molecular flexibility index (Phi) is 7.86. The number of hydrogen-bond acceptors (Lipinski definition) is 6. The van der Waals surface area contributed by atoms with Crippen LogP contribution in [0.2, 0.25) is 0 Å². The van der Waals surface area contributed by atoms with Gasteiger partial charge in [-0.25, -0.2) is 4.79 Å². The summed E-state index contributed by atoms with van der Waals surface area (Å²) in [5.74, 6) is 2.18. The molecule has 142 valence electrons. The summed E-state index contributed by atoms with van der Waals surface area (Å²) in [5.41, 5.74) is 2.39. The standard InChI is InChI=1S/C14H16F3N5O4/c15-14(16,17)5-4-12(24)26-22-11(23)7-19-13(25)9-2-1-3-10(6-9)20-8-21-18/h1-3,6,8H,4-5,7,18H2,(H,19,25)(H,20,21)(H,22,23). The lowest BCUT2D eigenvalue weighted by atomic mass is 10.2. The van der Waals surface area contributed by atoms with Crippen LogP contribution in [0.25, 0.3) is 0 Å². The Hall–Kier alpha value is -3.31. The van der Waals surface area contributed by atoms with E-state index >= 15 is 0 Å². The Morgan fingerprint density at radius 3 is 2.65 bits per heavy atom. The van der Waals surface area contributed by atoms with Crippen molar-refractivity contribution in [3.63, 3.8) is 0 Å². The number of alkyl halides is 3. The van der Waals surface area contributed by atoms with E-state index in [2.05, 4.69) is 20.6 Å². The second-order valence-electron chi connectivity index (χ2n) is 4.80. The number of nitrogens with zero attached hydrogens (tertiary/aromatic N) is 1. The Labute approximate surface area is 145 Å². The van der Waals surface area contributed by atoms with Gasteiger partial charge in [0.05, 0.1) is 19.4 Å². The Bertz CT molecular complexity index is 679. The maximum Gasteiger partial charge on any atom is 0.389 e. The molecule has 0 aliphatic heterocycles. The average Bonchev–Trinajstić information content (AvgIpc) is 2.60. The second kappa shape index (κ2) is 9.86. The predicted octanol–water partition coefficient (Wildman–Crippen LogP) is 0.647. The highest BCUT2D eigenvalue weighted by Gasteiger charge is 2.28. The molecule has 0 unspecified atom stereocenters. The maximum atomic E-state index is 11.9. The monoisotopic (exact) mass is 375 g/mol. The first kappa shape index (κ1) is 20.7. The largest absolute Gasteiger partial charge is 0.389 e. The van der Waals surface area contributed by atoms with Gasteiger partial charge in [0, 0.05) is 11.3 Å². The SMILES string of the molecule is NN=CNc1cccc(C(=O)NCC(=O)NOC(=O)CCC(F)(F)F)c1. The van der Waals surface area contributed by atoms with Crippen LogP contribution in [0.1, 0.15) is 23.2 Å². The van der Waals surface area contributed by atoms with E-state index in [1.54, 1.807) is 17.6 Å². The van der Waals surface area contributed by atoms with Crippen LogP contribution in [0.3, 0.4) is 0 Å². The molecule has 0 radical (unpaired) electrons. The molecular formula is C14H16F3N5O4. The number of hydrazone groups is 1. The quantitative estimate of drug-likeness (QED) is 0.239. The Balaban J connectivity index is 2.38. The topological polar surface area (TPSA) is 135 Å². The molecule has 0 aromatic heterocycles. The van der Waals surface area contributed by atoms with Crippen molar-refractivity contribution in [3.05, 3.63) is 29.8 Å². The summed E-state index contributed by atoms with van der Waals surface area (Å²) >= 11 is 0. The molecule has 1 rings (SSSR count). The fourth-order valence-electron chi connectivity index (χ4n) is 1.57. The molecule has 0 saturated heterocycles. The zero-order valence-electron chi connectivity index (χ0n) is 13.3. The first-order valence-electron chi connectivity index (χ1n) is 7.13. The highest BCUT2D eigenvalue weighted by atomic mass is 19.4. The van der Waals surface area contributed by atoms with Gasteiger partial charge in [0.1, 0.15) is 6.34 Å². The molecule has 0 saturated carbocycles. The number of amides is 2. The molecule has 2 amide bonds. The molecule has 1 aromatic rings. The number of nitrogens with one attached hydrogen (secondary N) is 3. The minimum absolute atomic E-state index is 0.218. The van der Waals surface area contributed by atoms with Crippen molar-refractivity contribution in [2.75, 3.05) is 11.9 Å². The van der Waals surface area contributed by atoms with Crippen molar-refractivity contribution in [1.82, 2.24) is 10.8 Å². The molecular weight excluding hydrogens is 359 g/mol. The van der Waals surface area contributed by atoms with Crippen LogP contribution in [-0.4, -0.2) is 36.8 Å². The number of rotatable bonds is 7. The highest BCUT2D eigenvalue weighted by Crippen LogP contribution is 2.21. The molecule has 0 fully saturated rings. The summed E-state index contributed by atoms with van der Waals surface area (Å²) in [6.07, 6.45) is -5.59. The zero-order chi connectivity index (χ0) is 19.6. The Morgan fingerprint density at radius 2 is 2.00 bits per heavy atom. The number of carbonyl (C=O) groups is 3. The molecule has 0 atom stereocenters. The lowest BCUT2D eigenvalue weighted by Crippen LogP contribution is -2.38. The lowest BCUT2D eigenvalue weighted by molar-refractivity contribution is -0.166. The Morgan fingerprint density at radius 1 is 1.27 bits per heavy atom. The molecule has 0 spiro atoms. The molecule has 5 N–H and O–H groups in total. The first-order chi connectivity index (χ1) is 12.2. The number of nitrogens with two attached hydrogens (primary N) is 1. The van der Waals surface area contributed by atoms with E-state index < -0.39 is 43.3 Å². The van der Waals surface area contributed by atoms with Gasteiger partial charge in [-0.15, -0.1) is 0 Å². The van der Waals surface area contributed by atoms with Crippen LogP contribution >= 0.6 is 0 Å². The molecule has 0 aliphatic carbocycles. The van der Waals surface area contributed by atoms with Gasteiger partial charge < -0.3 is 21.3 Å². The zero-order valence-corrected chi connectivity index (χ0v) is 13.3. The maximum absolute atomic E-state index is 11.9. The molecule has 0 aliphatic rings. The molecule has 0 heterocycles. The van der Waals surface area contributed by atoms with E-state index in [0.717, 1.165) is 0 Å². The van der Waals surface area contributed by atoms with Crippen LogP contribution in [0, 0.1) is 0 Å². The van der Waals surface area contributed by atoms with Gasteiger partial charge >= 0.3 is 12.1 Å². The van der Waals surface area contributed by atoms with Crippen molar-refractivity contribution < 1.29 is 32.4 Å². The molecule has 1 aromatic carbocycles. The number of carbonyl (C=O) groups excluding carboxylic acids is 3. The summed E-state index contributed by atoms with van der Waals surface area (Å²) < 4.78 is 35.8. The highest BCUT2D eigenvalue weighted by molar-refractivity contribution is 5.97. The van der Waals surface area contributed by atoms with Gasteiger partial charge in [-0.05, 0) is 18.2 Å². The third kappa shape index (κ3) is 8.52. The average molecular weight is 375 g/mol. The lowest BCUT2D eigenvalue weighted by Gasteiger charge is -2.09. The van der Waals surface area contributed by atoms with Crippen molar-refractivity contribution in [2.24, 2.45) is 10.9 Å². The van der Waals surface area contributed by atoms with E-state index in [0.29, 0.717) is 5.69 Å². The van der Waals surface area contributed by atoms with Crippen molar-refractivity contribution in [3.8, 4) is 0 Å². The number of anilines is 1. The summed E-state index contributed by atoms with van der Waals surface area (Å²) in [5, 5.41) is 8.18. The molecule has 9 nitrogen and oxygen atoms in total. The number of hydrogen-bond donors (Lipinski definition) is 4. The van der Waals surface area contributed by atoms with Gasteiger partial charge in [0.2, 0.25) is 0 Å². The molecule has 12 heteroatoms. The van der Waals surface area contributed by atoms with E-state index in [1.807, 2.05) is 0 Å². The summed E-state index contributed by atoms with van der Waals surface area (Å²) in [6.45, 7) is -0.548. The van der Waals surface area contributed by atoms with E-state index in [9.17, 15) is 27.6 Å². The van der Waals surface area contributed by atoms with Crippen LogP contribution in [0.15, 0.2) is 29.4 Å². The summed E-state index contributed by atoms with van der Waals surface area (Å²) in [4.78, 5) is 38.5. The molecule has 26 heavy (non-hydrogen) atoms. The van der Waals surface area contributed by atoms with Crippen LogP contribution in [0.4, 0.5) is 18.9 Å². The normalized spacial score (nSPS) is 11.0. The van der Waals surface area contributed by atoms with Gasteiger partial charge in [-0.2, -0.15) is 23.8 Å². The smallest absolute Gasteiger partial charge is 0.345 e. The van der Waals surface area contributed by atoms with Gasteiger partial charge in [-0.1, -0.05) is 6.07 Å².